The van der Waals surface area contributed by atoms with Crippen molar-refractivity contribution < 1.29 is 4.42 Å². The summed E-state index contributed by atoms with van der Waals surface area (Å²) in [5.41, 5.74) is 2.25. The molecule has 0 radical (unpaired) electrons. The minimum atomic E-state index is 0.456. The average molecular weight is 322 g/mol. The smallest absolute Gasteiger partial charge is 0.191 e. The van der Waals surface area contributed by atoms with E-state index in [9.17, 15) is 0 Å². The Morgan fingerprint density at radius 2 is 2.21 bits per heavy atom. The van der Waals surface area contributed by atoms with Crippen LogP contribution in [0.4, 0.5) is 5.69 Å². The number of rotatable bonds is 4. The number of aryl methyl sites for hydroxylation is 2. The Morgan fingerprint density at radius 1 is 1.29 bits per heavy atom. The maximum Gasteiger partial charge on any atom is 0.191 e. The maximum atomic E-state index is 5.54. The fraction of sp³-hybridized carbons (Fsp3) is 0.368. The van der Waals surface area contributed by atoms with E-state index in [1.165, 1.54) is 16.5 Å². The monoisotopic (exact) mass is 322 g/mol. The van der Waals surface area contributed by atoms with Crippen LogP contribution in [-0.2, 0) is 6.54 Å². The number of anilines is 1. The van der Waals surface area contributed by atoms with Crippen molar-refractivity contribution in [3.05, 3.63) is 54.0 Å². The number of benzene rings is 1. The molecule has 0 bridgehead atoms. The van der Waals surface area contributed by atoms with Gasteiger partial charge in [-0.05, 0) is 25.5 Å². The van der Waals surface area contributed by atoms with E-state index in [1.807, 2.05) is 26.2 Å². The highest BCUT2D eigenvalue weighted by Gasteiger charge is 2.24. The molecule has 0 amide bonds. The van der Waals surface area contributed by atoms with Gasteiger partial charge in [-0.25, -0.2) is 4.98 Å². The summed E-state index contributed by atoms with van der Waals surface area (Å²) >= 11 is 0. The van der Waals surface area contributed by atoms with E-state index >= 15 is 0 Å². The van der Waals surface area contributed by atoms with Crippen LogP contribution < -0.4 is 5.32 Å². The van der Waals surface area contributed by atoms with Gasteiger partial charge in [-0.3, -0.25) is 9.88 Å². The van der Waals surface area contributed by atoms with Gasteiger partial charge in [0.05, 0.1) is 5.69 Å². The quantitative estimate of drug-likeness (QED) is 0.796. The Balaban J connectivity index is 1.44. The molecule has 1 aromatic carbocycles. The molecule has 1 N–H and O–H groups in total. The molecule has 1 aliphatic heterocycles. The lowest BCUT2D eigenvalue weighted by molar-refractivity contribution is 0.323. The Kier molecular flexibility index (Phi) is 3.94. The number of oxazole rings is 1. The van der Waals surface area contributed by atoms with Crippen molar-refractivity contribution in [3.63, 3.8) is 0 Å². The summed E-state index contributed by atoms with van der Waals surface area (Å²) in [7, 11) is 0. The van der Waals surface area contributed by atoms with Gasteiger partial charge in [0.15, 0.2) is 5.89 Å². The molecule has 2 aromatic heterocycles. The van der Waals surface area contributed by atoms with Gasteiger partial charge in [-0.15, -0.1) is 0 Å². The van der Waals surface area contributed by atoms with E-state index in [4.69, 9.17) is 4.42 Å². The fourth-order valence-corrected chi connectivity index (χ4v) is 3.49. The van der Waals surface area contributed by atoms with E-state index in [-0.39, 0.29) is 0 Å². The molecule has 1 atom stereocenters. The number of hydrogen-bond donors (Lipinski definition) is 1. The molecule has 1 saturated heterocycles. The van der Waals surface area contributed by atoms with Gasteiger partial charge in [-0.2, -0.15) is 0 Å². The van der Waals surface area contributed by atoms with Gasteiger partial charge < -0.3 is 9.73 Å². The lowest BCUT2D eigenvalue weighted by Crippen LogP contribution is -2.26. The van der Waals surface area contributed by atoms with Crippen molar-refractivity contribution in [2.24, 2.45) is 0 Å². The first-order chi connectivity index (χ1) is 11.7. The van der Waals surface area contributed by atoms with Gasteiger partial charge in [0, 0.05) is 61.5 Å². The van der Waals surface area contributed by atoms with E-state index in [0.717, 1.165) is 43.4 Å². The molecule has 0 unspecified atom stereocenters. The molecule has 5 heteroatoms. The Bertz CT molecular complexity index is 852. The highest BCUT2D eigenvalue weighted by Crippen LogP contribution is 2.25. The molecule has 1 aliphatic rings. The normalized spacial score (nSPS) is 18.3. The van der Waals surface area contributed by atoms with E-state index in [1.54, 1.807) is 0 Å². The number of fused-ring (bicyclic) bond motifs is 1. The number of pyridine rings is 1. The van der Waals surface area contributed by atoms with Crippen LogP contribution in [0.2, 0.25) is 0 Å². The van der Waals surface area contributed by atoms with E-state index in [0.29, 0.717) is 6.04 Å². The number of nitrogens with one attached hydrogen (secondary N) is 1. The van der Waals surface area contributed by atoms with Crippen molar-refractivity contribution in [3.8, 4) is 0 Å². The zero-order valence-corrected chi connectivity index (χ0v) is 14.1. The maximum absolute atomic E-state index is 5.54. The van der Waals surface area contributed by atoms with Gasteiger partial charge in [0.2, 0.25) is 0 Å². The topological polar surface area (TPSA) is 54.2 Å². The molecule has 1 fully saturated rings. The predicted octanol–water partition coefficient (Wildman–Crippen LogP) is 3.53. The second-order valence-electron chi connectivity index (χ2n) is 6.50. The summed E-state index contributed by atoms with van der Waals surface area (Å²) in [4.78, 5) is 11.1. The van der Waals surface area contributed by atoms with Crippen LogP contribution in [0.15, 0.2) is 41.1 Å². The molecular weight excluding hydrogens is 300 g/mol. The first kappa shape index (κ1) is 15.1. The standard InChI is InChI=1S/C19H22N4O/c1-13-19(21-14(2)24-13)12-23-9-7-16(11-23)22-18-5-3-4-15-10-20-8-6-17(15)18/h3-6,8,10,16,22H,7,9,11-12H2,1-2H3/t16-/m1/s1. The molecule has 0 spiro atoms. The van der Waals surface area contributed by atoms with Crippen LogP contribution in [0.25, 0.3) is 10.8 Å². The van der Waals surface area contributed by atoms with Crippen molar-refractivity contribution >= 4 is 16.5 Å². The first-order valence-corrected chi connectivity index (χ1v) is 8.43. The van der Waals surface area contributed by atoms with Gasteiger partial charge >= 0.3 is 0 Å². The molecule has 3 heterocycles. The van der Waals surface area contributed by atoms with E-state index < -0.39 is 0 Å². The summed E-state index contributed by atoms with van der Waals surface area (Å²) in [6, 6.07) is 8.87. The SMILES string of the molecule is Cc1nc(CN2CC[C@@H](Nc3cccc4cnccc34)C2)c(C)o1. The van der Waals surface area contributed by atoms with E-state index in [2.05, 4.69) is 44.5 Å². The highest BCUT2D eigenvalue weighted by atomic mass is 16.4. The molecule has 4 rings (SSSR count). The Labute approximate surface area is 141 Å². The average Bonchev–Trinajstić information content (AvgIpc) is 3.14. The summed E-state index contributed by atoms with van der Waals surface area (Å²) in [5, 5.41) is 6.11. The zero-order valence-electron chi connectivity index (χ0n) is 14.1. The molecule has 0 saturated carbocycles. The molecule has 124 valence electrons. The van der Waals surface area contributed by atoms with Crippen molar-refractivity contribution in [1.29, 1.82) is 0 Å². The molecule has 24 heavy (non-hydrogen) atoms. The summed E-state index contributed by atoms with van der Waals surface area (Å²) < 4.78 is 5.54. The van der Waals surface area contributed by atoms with Crippen LogP contribution in [0, 0.1) is 13.8 Å². The van der Waals surface area contributed by atoms with Crippen molar-refractivity contribution in [1.82, 2.24) is 14.9 Å². The minimum absolute atomic E-state index is 0.456. The van der Waals surface area contributed by atoms with Gasteiger partial charge in [-0.1, -0.05) is 12.1 Å². The number of aromatic nitrogens is 2. The van der Waals surface area contributed by atoms with Crippen LogP contribution >= 0.6 is 0 Å². The molecule has 3 aromatic rings. The van der Waals surface area contributed by atoms with Gasteiger partial charge in [0.25, 0.3) is 0 Å². The van der Waals surface area contributed by atoms with Crippen LogP contribution in [0.1, 0.15) is 23.8 Å². The Hall–Kier alpha value is -2.40. The largest absolute Gasteiger partial charge is 0.446 e. The summed E-state index contributed by atoms with van der Waals surface area (Å²) in [6.07, 6.45) is 4.90. The first-order valence-electron chi connectivity index (χ1n) is 8.43. The van der Waals surface area contributed by atoms with Crippen molar-refractivity contribution in [2.75, 3.05) is 18.4 Å². The van der Waals surface area contributed by atoms with Crippen LogP contribution in [-0.4, -0.2) is 34.0 Å². The second-order valence-corrected chi connectivity index (χ2v) is 6.50. The third kappa shape index (κ3) is 2.99. The summed E-state index contributed by atoms with van der Waals surface area (Å²) in [6.45, 7) is 6.86. The lowest BCUT2D eigenvalue weighted by atomic mass is 10.1. The molecular formula is C19H22N4O. The molecule has 5 nitrogen and oxygen atoms in total. The van der Waals surface area contributed by atoms with Crippen molar-refractivity contribution in [2.45, 2.75) is 32.9 Å². The highest BCUT2D eigenvalue weighted by molar-refractivity contribution is 5.93. The minimum Gasteiger partial charge on any atom is -0.446 e. The lowest BCUT2D eigenvalue weighted by Gasteiger charge is -2.17. The Morgan fingerprint density at radius 3 is 3.04 bits per heavy atom. The fourth-order valence-electron chi connectivity index (χ4n) is 3.49. The number of likely N-dealkylation sites (tertiary alicyclic amines) is 1. The second kappa shape index (κ2) is 6.24. The predicted molar refractivity (Wildman–Crippen MR) is 95.0 cm³/mol. The number of hydrogen-bond acceptors (Lipinski definition) is 5. The van der Waals surface area contributed by atoms with Crippen LogP contribution in [0.5, 0.6) is 0 Å². The summed E-state index contributed by atoms with van der Waals surface area (Å²) in [5.74, 6) is 1.69. The molecule has 0 aliphatic carbocycles. The number of nitrogens with zero attached hydrogens (tertiary/aromatic N) is 3. The van der Waals surface area contributed by atoms with Crippen LogP contribution in [0.3, 0.4) is 0 Å². The van der Waals surface area contributed by atoms with Gasteiger partial charge in [0.1, 0.15) is 5.76 Å². The third-order valence-electron chi connectivity index (χ3n) is 4.69. The zero-order chi connectivity index (χ0) is 16.5. The third-order valence-corrected chi connectivity index (χ3v) is 4.69.